The van der Waals surface area contributed by atoms with E-state index in [0.717, 1.165) is 6.07 Å². The zero-order valence-electron chi connectivity index (χ0n) is 12.6. The van der Waals surface area contributed by atoms with Gasteiger partial charge in [0.2, 0.25) is 0 Å². The van der Waals surface area contributed by atoms with Crippen LogP contribution in [0.1, 0.15) is 33.0 Å². The van der Waals surface area contributed by atoms with Gasteiger partial charge in [-0.1, -0.05) is 30.3 Å². The van der Waals surface area contributed by atoms with Crippen LogP contribution in [0.3, 0.4) is 0 Å². The molecule has 0 saturated carbocycles. The number of hydrogen-bond donors (Lipinski definition) is 1. The molecule has 0 atom stereocenters. The van der Waals surface area contributed by atoms with Crippen LogP contribution in [0.4, 0.5) is 13.2 Å². The topological polar surface area (TPSA) is 54.6 Å². The quantitative estimate of drug-likeness (QED) is 0.789. The van der Waals surface area contributed by atoms with Crippen LogP contribution in [0.5, 0.6) is 0 Å². The first-order valence-electron chi connectivity index (χ1n) is 7.14. The fourth-order valence-electron chi connectivity index (χ4n) is 2.74. The van der Waals surface area contributed by atoms with Crippen LogP contribution < -0.4 is 0 Å². The Bertz CT molecular complexity index is 915. The average Bonchev–Trinajstić information content (AvgIpc) is 2.87. The molecule has 0 aliphatic rings. The van der Waals surface area contributed by atoms with E-state index in [-0.39, 0.29) is 23.3 Å². The van der Waals surface area contributed by atoms with Crippen molar-refractivity contribution in [2.75, 3.05) is 0 Å². The fraction of sp³-hybridized carbons (Fsp3) is 0.176. The molecule has 2 aromatic heterocycles. The molecule has 3 aromatic rings. The van der Waals surface area contributed by atoms with E-state index in [1.165, 1.54) is 10.5 Å². The van der Waals surface area contributed by atoms with Gasteiger partial charge >= 0.3 is 12.1 Å². The Morgan fingerprint density at radius 2 is 1.88 bits per heavy atom. The van der Waals surface area contributed by atoms with E-state index in [1.807, 2.05) is 0 Å². The number of hydrogen-bond acceptors (Lipinski definition) is 2. The summed E-state index contributed by atoms with van der Waals surface area (Å²) >= 11 is 0. The number of nitrogens with zero attached hydrogens (tertiary/aromatic N) is 2. The number of carboxylic acids is 1. The number of aryl methyl sites for hydroxylation is 1. The lowest BCUT2D eigenvalue weighted by molar-refractivity contribution is -0.141. The third-order valence-electron chi connectivity index (χ3n) is 3.73. The van der Waals surface area contributed by atoms with E-state index in [4.69, 9.17) is 5.11 Å². The number of rotatable bonds is 3. The number of halogens is 3. The maximum atomic E-state index is 13.4. The summed E-state index contributed by atoms with van der Waals surface area (Å²) in [6, 6.07) is 11.3. The zero-order chi connectivity index (χ0) is 17.5. The van der Waals surface area contributed by atoms with Gasteiger partial charge in [0.05, 0.1) is 11.3 Å². The predicted molar refractivity (Wildman–Crippen MR) is 81.1 cm³/mol. The molecule has 0 spiro atoms. The number of alkyl halides is 3. The molecule has 0 saturated heterocycles. The van der Waals surface area contributed by atoms with Crippen molar-refractivity contribution in [1.29, 1.82) is 0 Å². The maximum absolute atomic E-state index is 13.4. The number of imidazole rings is 1. The van der Waals surface area contributed by atoms with Crippen molar-refractivity contribution in [1.82, 2.24) is 9.38 Å². The van der Waals surface area contributed by atoms with E-state index in [2.05, 4.69) is 4.98 Å². The smallest absolute Gasteiger partial charge is 0.435 e. The van der Waals surface area contributed by atoms with Crippen molar-refractivity contribution < 1.29 is 23.1 Å². The first-order valence-corrected chi connectivity index (χ1v) is 7.14. The third-order valence-corrected chi connectivity index (χ3v) is 3.73. The number of aromatic carboxylic acids is 1. The van der Waals surface area contributed by atoms with Gasteiger partial charge in [-0.3, -0.25) is 0 Å². The number of pyridine rings is 1. The monoisotopic (exact) mass is 334 g/mol. The van der Waals surface area contributed by atoms with Crippen molar-refractivity contribution in [2.45, 2.75) is 19.5 Å². The molecule has 1 aromatic carbocycles. The van der Waals surface area contributed by atoms with E-state index in [9.17, 15) is 18.0 Å². The van der Waals surface area contributed by atoms with Gasteiger partial charge in [-0.25, -0.2) is 9.78 Å². The minimum atomic E-state index is -4.62. The number of fused-ring (bicyclic) bond motifs is 1. The van der Waals surface area contributed by atoms with Gasteiger partial charge in [0.25, 0.3) is 0 Å². The molecular weight excluding hydrogens is 321 g/mol. The molecule has 3 rings (SSSR count). The molecule has 7 heteroatoms. The lowest BCUT2D eigenvalue weighted by atomic mass is 10.1. The highest BCUT2D eigenvalue weighted by molar-refractivity contribution is 5.89. The molecule has 0 unspecified atom stereocenters. The summed E-state index contributed by atoms with van der Waals surface area (Å²) in [7, 11) is 0. The average molecular weight is 334 g/mol. The number of benzene rings is 1. The normalized spacial score (nSPS) is 11.8. The Labute approximate surface area is 135 Å². The molecule has 0 fully saturated rings. The Morgan fingerprint density at radius 1 is 1.21 bits per heavy atom. The summed E-state index contributed by atoms with van der Waals surface area (Å²) in [5, 5.41) is 9.08. The van der Waals surface area contributed by atoms with Gasteiger partial charge in [-0.15, -0.1) is 0 Å². The molecule has 0 amide bonds. The first-order chi connectivity index (χ1) is 11.3. The van der Waals surface area contributed by atoms with Crippen molar-refractivity contribution in [3.8, 4) is 0 Å². The van der Waals surface area contributed by atoms with Crippen LogP contribution in [0, 0.1) is 6.92 Å². The Morgan fingerprint density at radius 3 is 2.46 bits per heavy atom. The van der Waals surface area contributed by atoms with Crippen LogP contribution >= 0.6 is 0 Å². The highest BCUT2D eigenvalue weighted by atomic mass is 19.4. The van der Waals surface area contributed by atoms with Crippen molar-refractivity contribution >= 4 is 11.6 Å². The van der Waals surface area contributed by atoms with Gasteiger partial charge in [0.15, 0.2) is 5.69 Å². The summed E-state index contributed by atoms with van der Waals surface area (Å²) in [5.74, 6) is -1.21. The number of carboxylic acid groups (broad SMARTS) is 1. The van der Waals surface area contributed by atoms with Crippen molar-refractivity contribution in [2.24, 2.45) is 0 Å². The molecular formula is C17H13F3N2O2. The highest BCUT2D eigenvalue weighted by Crippen LogP contribution is 2.33. The molecule has 124 valence electrons. The predicted octanol–water partition coefficient (Wildman–Crippen LogP) is 3.95. The molecule has 24 heavy (non-hydrogen) atoms. The number of aromatic nitrogens is 2. The second-order valence-corrected chi connectivity index (χ2v) is 5.45. The molecule has 0 radical (unpaired) electrons. The fourth-order valence-corrected chi connectivity index (χ4v) is 2.74. The van der Waals surface area contributed by atoms with Crippen LogP contribution in [-0.4, -0.2) is 20.5 Å². The van der Waals surface area contributed by atoms with Gasteiger partial charge in [0, 0.05) is 12.1 Å². The summed E-state index contributed by atoms with van der Waals surface area (Å²) in [5.41, 5.74) is -0.00360. The Balaban J connectivity index is 2.26. The molecule has 0 bridgehead atoms. The van der Waals surface area contributed by atoms with E-state index >= 15 is 0 Å². The van der Waals surface area contributed by atoms with E-state index in [1.54, 1.807) is 37.3 Å². The van der Waals surface area contributed by atoms with Crippen LogP contribution in [0.2, 0.25) is 0 Å². The zero-order valence-corrected chi connectivity index (χ0v) is 12.6. The molecule has 0 aliphatic carbocycles. The second-order valence-electron chi connectivity index (χ2n) is 5.45. The SMILES string of the molecule is Cc1cc(C(=O)O)cc2nc(C(F)(F)F)c(Cc3ccccc3)n12. The lowest BCUT2D eigenvalue weighted by Crippen LogP contribution is -2.11. The van der Waals surface area contributed by atoms with Gasteiger partial charge in [-0.05, 0) is 24.6 Å². The van der Waals surface area contributed by atoms with Crippen LogP contribution in [0.25, 0.3) is 5.65 Å². The minimum Gasteiger partial charge on any atom is -0.478 e. The van der Waals surface area contributed by atoms with Crippen LogP contribution in [0.15, 0.2) is 42.5 Å². The third kappa shape index (κ3) is 2.84. The second kappa shape index (κ2) is 5.67. The Hall–Kier alpha value is -2.83. The lowest BCUT2D eigenvalue weighted by Gasteiger charge is -2.10. The molecule has 1 N–H and O–H groups in total. The summed E-state index contributed by atoms with van der Waals surface area (Å²) in [6.45, 7) is 1.57. The van der Waals surface area contributed by atoms with E-state index in [0.29, 0.717) is 11.3 Å². The summed E-state index contributed by atoms with van der Waals surface area (Å²) in [4.78, 5) is 14.8. The molecule has 2 heterocycles. The maximum Gasteiger partial charge on any atom is 0.435 e. The van der Waals surface area contributed by atoms with Gasteiger partial charge < -0.3 is 9.51 Å². The minimum absolute atomic E-state index is 0.00172. The van der Waals surface area contributed by atoms with Crippen molar-refractivity contribution in [3.63, 3.8) is 0 Å². The molecule has 4 nitrogen and oxygen atoms in total. The summed E-state index contributed by atoms with van der Waals surface area (Å²) < 4.78 is 41.5. The van der Waals surface area contributed by atoms with E-state index < -0.39 is 17.8 Å². The first kappa shape index (κ1) is 16.0. The van der Waals surface area contributed by atoms with Gasteiger partial charge in [-0.2, -0.15) is 13.2 Å². The van der Waals surface area contributed by atoms with Crippen LogP contribution in [-0.2, 0) is 12.6 Å². The van der Waals surface area contributed by atoms with Crippen molar-refractivity contribution in [3.05, 3.63) is 70.7 Å². The largest absolute Gasteiger partial charge is 0.478 e. The summed E-state index contributed by atoms with van der Waals surface area (Å²) in [6.07, 6.45) is -4.57. The van der Waals surface area contributed by atoms with Gasteiger partial charge in [0.1, 0.15) is 5.65 Å². The number of carbonyl (C=O) groups is 1. The molecule has 0 aliphatic heterocycles. The highest BCUT2D eigenvalue weighted by Gasteiger charge is 2.38. The Kier molecular flexibility index (Phi) is 3.79. The standard InChI is InChI=1S/C17H13F3N2O2/c1-10-7-12(16(23)24)9-14-21-15(17(18,19)20)13(22(10)14)8-11-5-3-2-4-6-11/h2-7,9H,8H2,1H3,(H,23,24).